The van der Waals surface area contributed by atoms with Gasteiger partial charge in [-0.25, -0.2) is 4.98 Å². The third-order valence-corrected chi connectivity index (χ3v) is 2.62. The molecule has 1 aromatic carbocycles. The fourth-order valence-corrected chi connectivity index (χ4v) is 1.80. The molecule has 0 radical (unpaired) electrons. The molecule has 0 aliphatic rings. The molecular weight excluding hydrogens is 254 g/mol. The number of aliphatic hydroxyl groups is 1. The molecule has 15 heavy (non-hydrogen) atoms. The van der Waals surface area contributed by atoms with E-state index in [4.69, 9.17) is 0 Å². The van der Waals surface area contributed by atoms with Crippen molar-refractivity contribution < 1.29 is 5.11 Å². The third kappa shape index (κ3) is 2.43. The zero-order chi connectivity index (χ0) is 10.7. The van der Waals surface area contributed by atoms with E-state index in [0.29, 0.717) is 0 Å². The number of hydrogen-bond donors (Lipinski definition) is 1. The molecule has 0 aliphatic carbocycles. The summed E-state index contributed by atoms with van der Waals surface area (Å²) in [6, 6.07) is 13.2. The van der Waals surface area contributed by atoms with Crippen molar-refractivity contribution in [2.24, 2.45) is 0 Å². The van der Waals surface area contributed by atoms with Crippen LogP contribution in [0.5, 0.6) is 0 Å². The molecule has 76 valence electrons. The molecule has 3 heteroatoms. The highest BCUT2D eigenvalue weighted by Gasteiger charge is 2.09. The van der Waals surface area contributed by atoms with E-state index < -0.39 is 6.10 Å². The first-order valence-corrected chi connectivity index (χ1v) is 5.41. The van der Waals surface area contributed by atoms with Crippen LogP contribution in [0.4, 0.5) is 0 Å². The van der Waals surface area contributed by atoms with Crippen molar-refractivity contribution in [3.8, 4) is 0 Å². The van der Waals surface area contributed by atoms with Crippen molar-refractivity contribution in [3.63, 3.8) is 0 Å². The van der Waals surface area contributed by atoms with E-state index in [1.165, 1.54) is 0 Å². The summed E-state index contributed by atoms with van der Waals surface area (Å²) < 4.78 is 0.731. The highest BCUT2D eigenvalue weighted by Crippen LogP contribution is 2.22. The first-order valence-electron chi connectivity index (χ1n) is 4.62. The molecule has 1 unspecified atom stereocenters. The molecule has 0 spiro atoms. The van der Waals surface area contributed by atoms with Gasteiger partial charge in [-0.05, 0) is 39.2 Å². The van der Waals surface area contributed by atoms with Crippen molar-refractivity contribution in [3.05, 3.63) is 64.4 Å². The van der Waals surface area contributed by atoms with Crippen LogP contribution in [0.2, 0.25) is 0 Å². The van der Waals surface area contributed by atoms with Gasteiger partial charge in [0.15, 0.2) is 0 Å². The molecule has 0 saturated carbocycles. The Morgan fingerprint density at radius 1 is 1.07 bits per heavy atom. The van der Waals surface area contributed by atoms with Gasteiger partial charge in [-0.15, -0.1) is 0 Å². The Balaban J connectivity index is 2.32. The van der Waals surface area contributed by atoms with E-state index in [-0.39, 0.29) is 0 Å². The van der Waals surface area contributed by atoms with Gasteiger partial charge in [-0.3, -0.25) is 0 Å². The molecule has 0 bridgehead atoms. The fraction of sp³-hybridized carbons (Fsp3) is 0.0833. The second-order valence-corrected chi connectivity index (χ2v) is 4.04. The van der Waals surface area contributed by atoms with Gasteiger partial charge in [0.05, 0.1) is 0 Å². The lowest BCUT2D eigenvalue weighted by atomic mass is 10.0. The molecule has 2 rings (SSSR count). The molecule has 1 heterocycles. The number of hydrogen-bond acceptors (Lipinski definition) is 2. The van der Waals surface area contributed by atoms with Crippen LogP contribution in [-0.2, 0) is 0 Å². The standard InChI is InChI=1S/C12H10BrNO/c13-11-8-10(6-7-14-11)12(15)9-4-2-1-3-5-9/h1-8,12,15H. The van der Waals surface area contributed by atoms with Gasteiger partial charge in [0.1, 0.15) is 10.7 Å². The Morgan fingerprint density at radius 2 is 1.80 bits per heavy atom. The fourth-order valence-electron chi connectivity index (χ4n) is 1.42. The minimum atomic E-state index is -0.592. The Hall–Kier alpha value is -1.19. The summed E-state index contributed by atoms with van der Waals surface area (Å²) in [4.78, 5) is 4.02. The lowest BCUT2D eigenvalue weighted by molar-refractivity contribution is 0.220. The van der Waals surface area contributed by atoms with Crippen molar-refractivity contribution in [2.75, 3.05) is 0 Å². The van der Waals surface area contributed by atoms with Crippen LogP contribution in [0.25, 0.3) is 0 Å². The summed E-state index contributed by atoms with van der Waals surface area (Å²) in [5, 5.41) is 10.1. The highest BCUT2D eigenvalue weighted by molar-refractivity contribution is 9.10. The van der Waals surface area contributed by atoms with Gasteiger partial charge >= 0.3 is 0 Å². The lowest BCUT2D eigenvalue weighted by Crippen LogP contribution is -1.99. The lowest BCUT2D eigenvalue weighted by Gasteiger charge is -2.10. The van der Waals surface area contributed by atoms with Crippen LogP contribution in [0.1, 0.15) is 17.2 Å². The van der Waals surface area contributed by atoms with Gasteiger partial charge < -0.3 is 5.11 Å². The summed E-state index contributed by atoms with van der Waals surface area (Å²) in [5.41, 5.74) is 1.72. The number of rotatable bonds is 2. The van der Waals surface area contributed by atoms with Crippen molar-refractivity contribution in [1.29, 1.82) is 0 Å². The average Bonchev–Trinajstić information content (AvgIpc) is 2.29. The molecule has 0 fully saturated rings. The van der Waals surface area contributed by atoms with E-state index in [9.17, 15) is 5.11 Å². The zero-order valence-corrected chi connectivity index (χ0v) is 9.55. The van der Waals surface area contributed by atoms with Crippen molar-refractivity contribution in [2.45, 2.75) is 6.10 Å². The number of pyridine rings is 1. The first-order chi connectivity index (χ1) is 7.27. The van der Waals surface area contributed by atoms with Gasteiger partial charge in [0.25, 0.3) is 0 Å². The van der Waals surface area contributed by atoms with Crippen LogP contribution in [0, 0.1) is 0 Å². The predicted molar refractivity (Wildman–Crippen MR) is 62.4 cm³/mol. The van der Waals surface area contributed by atoms with E-state index in [2.05, 4.69) is 20.9 Å². The van der Waals surface area contributed by atoms with E-state index in [1.54, 1.807) is 6.20 Å². The second-order valence-electron chi connectivity index (χ2n) is 3.23. The van der Waals surface area contributed by atoms with Crippen LogP contribution in [-0.4, -0.2) is 10.1 Å². The normalized spacial score (nSPS) is 12.4. The number of nitrogens with zero attached hydrogens (tertiary/aromatic N) is 1. The van der Waals surface area contributed by atoms with Crippen molar-refractivity contribution in [1.82, 2.24) is 4.98 Å². The van der Waals surface area contributed by atoms with Gasteiger partial charge in [0, 0.05) is 6.20 Å². The molecule has 2 aromatic rings. The minimum absolute atomic E-state index is 0.592. The Morgan fingerprint density at radius 3 is 2.47 bits per heavy atom. The molecule has 1 aromatic heterocycles. The summed E-state index contributed by atoms with van der Waals surface area (Å²) in [7, 11) is 0. The monoisotopic (exact) mass is 263 g/mol. The van der Waals surface area contributed by atoms with Crippen LogP contribution in [0.15, 0.2) is 53.3 Å². The topological polar surface area (TPSA) is 33.1 Å². The second kappa shape index (κ2) is 4.55. The van der Waals surface area contributed by atoms with E-state index in [0.717, 1.165) is 15.7 Å². The molecule has 1 atom stereocenters. The maximum absolute atomic E-state index is 10.1. The number of aromatic nitrogens is 1. The van der Waals surface area contributed by atoms with Gasteiger partial charge in [-0.2, -0.15) is 0 Å². The maximum Gasteiger partial charge on any atom is 0.106 e. The molecule has 0 amide bonds. The van der Waals surface area contributed by atoms with E-state index in [1.807, 2.05) is 42.5 Å². The first kappa shape index (κ1) is 10.3. The van der Waals surface area contributed by atoms with Crippen LogP contribution in [0.3, 0.4) is 0 Å². The summed E-state index contributed by atoms with van der Waals surface area (Å²) in [6.07, 6.45) is 1.08. The summed E-state index contributed by atoms with van der Waals surface area (Å²) >= 11 is 3.28. The average molecular weight is 264 g/mol. The molecule has 2 nitrogen and oxygen atoms in total. The third-order valence-electron chi connectivity index (χ3n) is 2.18. The largest absolute Gasteiger partial charge is 0.384 e. The Labute approximate surface area is 96.7 Å². The quantitative estimate of drug-likeness (QED) is 0.846. The molecule has 0 saturated heterocycles. The Kier molecular flexibility index (Phi) is 3.14. The van der Waals surface area contributed by atoms with Gasteiger partial charge in [-0.1, -0.05) is 30.3 Å². The smallest absolute Gasteiger partial charge is 0.106 e. The highest BCUT2D eigenvalue weighted by atomic mass is 79.9. The van der Waals surface area contributed by atoms with Gasteiger partial charge in [0.2, 0.25) is 0 Å². The van der Waals surface area contributed by atoms with Crippen molar-refractivity contribution >= 4 is 15.9 Å². The van der Waals surface area contributed by atoms with Crippen LogP contribution >= 0.6 is 15.9 Å². The number of benzene rings is 1. The Bertz CT molecular complexity index is 444. The molecular formula is C12H10BrNO. The molecule has 0 aliphatic heterocycles. The van der Waals surface area contributed by atoms with Crippen LogP contribution < -0.4 is 0 Å². The number of halogens is 1. The zero-order valence-electron chi connectivity index (χ0n) is 7.97. The molecule has 1 N–H and O–H groups in total. The number of aliphatic hydroxyl groups excluding tert-OH is 1. The maximum atomic E-state index is 10.1. The minimum Gasteiger partial charge on any atom is -0.384 e. The summed E-state index contributed by atoms with van der Waals surface area (Å²) in [5.74, 6) is 0. The SMILES string of the molecule is OC(c1ccccc1)c1ccnc(Br)c1. The summed E-state index contributed by atoms with van der Waals surface area (Å²) in [6.45, 7) is 0. The predicted octanol–water partition coefficient (Wildman–Crippen LogP) is 2.93. The van der Waals surface area contributed by atoms with E-state index >= 15 is 0 Å².